The number of benzene rings is 1. The van der Waals surface area contributed by atoms with Gasteiger partial charge in [-0.3, -0.25) is 14.5 Å². The number of nitrogens with one attached hydrogen (secondary N) is 4. The lowest BCUT2D eigenvalue weighted by Gasteiger charge is -2.35. The highest BCUT2D eigenvalue weighted by atomic mass is 16.2. The lowest BCUT2D eigenvalue weighted by molar-refractivity contribution is -0.121. The second-order valence-corrected chi connectivity index (χ2v) is 6.92. The van der Waals surface area contributed by atoms with Crippen LogP contribution in [0.4, 0.5) is 5.69 Å². The number of piperidine rings is 1. The molecule has 0 radical (unpaired) electrons. The number of aromatic nitrogens is 2. The molecule has 1 aliphatic rings. The van der Waals surface area contributed by atoms with Crippen molar-refractivity contribution in [1.29, 1.82) is 0 Å². The minimum atomic E-state index is -0.265. The molecule has 8 nitrogen and oxygen atoms in total. The van der Waals surface area contributed by atoms with E-state index >= 15 is 0 Å². The molecule has 0 bridgehead atoms. The molecule has 1 atom stereocenters. The van der Waals surface area contributed by atoms with E-state index in [9.17, 15) is 14.4 Å². The van der Waals surface area contributed by atoms with Crippen LogP contribution in [0.1, 0.15) is 26.7 Å². The van der Waals surface area contributed by atoms with Crippen LogP contribution < -0.4 is 16.3 Å². The standard InChI is InChI=1S/C18H25N5O3/c1-11(23-7-5-13(6-8-23)10-19-12(2)24)17(25)20-14-3-4-15-16(9-14)22-18(26)21-15/h3-4,9,11,13H,5-8,10H2,1-2H3,(H,19,24)(H,20,25)(H2,21,22,26). The number of carbonyl (C=O) groups excluding carboxylic acids is 2. The minimum Gasteiger partial charge on any atom is -0.356 e. The lowest BCUT2D eigenvalue weighted by atomic mass is 9.95. The minimum absolute atomic E-state index is 0.000844. The van der Waals surface area contributed by atoms with Gasteiger partial charge in [-0.1, -0.05) is 0 Å². The number of likely N-dealkylation sites (tertiary alicyclic amines) is 1. The molecule has 140 valence electrons. The number of carbonyl (C=O) groups is 2. The lowest BCUT2D eigenvalue weighted by Crippen LogP contribution is -2.47. The molecule has 26 heavy (non-hydrogen) atoms. The molecule has 3 rings (SSSR count). The van der Waals surface area contributed by atoms with Gasteiger partial charge in [-0.15, -0.1) is 0 Å². The van der Waals surface area contributed by atoms with Crippen molar-refractivity contribution in [2.24, 2.45) is 5.92 Å². The zero-order valence-electron chi connectivity index (χ0n) is 15.1. The molecular weight excluding hydrogens is 334 g/mol. The first-order chi connectivity index (χ1) is 12.4. The summed E-state index contributed by atoms with van der Waals surface area (Å²) in [5.41, 5.74) is 1.77. The molecule has 1 fully saturated rings. The maximum atomic E-state index is 12.6. The van der Waals surface area contributed by atoms with Crippen molar-refractivity contribution in [2.45, 2.75) is 32.7 Å². The first-order valence-corrected chi connectivity index (χ1v) is 8.94. The molecule has 1 aromatic heterocycles. The van der Waals surface area contributed by atoms with E-state index in [0.29, 0.717) is 29.2 Å². The number of amides is 2. The highest BCUT2D eigenvalue weighted by Gasteiger charge is 2.26. The maximum Gasteiger partial charge on any atom is 0.323 e. The van der Waals surface area contributed by atoms with Crippen molar-refractivity contribution >= 4 is 28.5 Å². The molecule has 2 heterocycles. The molecule has 4 N–H and O–H groups in total. The van der Waals surface area contributed by atoms with Gasteiger partial charge in [0, 0.05) is 19.2 Å². The van der Waals surface area contributed by atoms with Gasteiger partial charge in [0.05, 0.1) is 17.1 Å². The van der Waals surface area contributed by atoms with Crippen molar-refractivity contribution in [1.82, 2.24) is 20.2 Å². The van der Waals surface area contributed by atoms with Gasteiger partial charge in [0.2, 0.25) is 11.8 Å². The van der Waals surface area contributed by atoms with E-state index in [-0.39, 0.29) is 23.5 Å². The van der Waals surface area contributed by atoms with Gasteiger partial charge in [0.1, 0.15) is 0 Å². The Morgan fingerprint density at radius 3 is 2.62 bits per heavy atom. The first-order valence-electron chi connectivity index (χ1n) is 8.94. The van der Waals surface area contributed by atoms with Crippen LogP contribution >= 0.6 is 0 Å². The second-order valence-electron chi connectivity index (χ2n) is 6.92. The van der Waals surface area contributed by atoms with Gasteiger partial charge in [-0.25, -0.2) is 4.79 Å². The molecule has 2 aromatic rings. The molecule has 0 saturated carbocycles. The van der Waals surface area contributed by atoms with Gasteiger partial charge in [-0.05, 0) is 57.0 Å². The summed E-state index contributed by atoms with van der Waals surface area (Å²) in [5.74, 6) is 0.404. The van der Waals surface area contributed by atoms with E-state index in [1.165, 1.54) is 6.92 Å². The van der Waals surface area contributed by atoms with Gasteiger partial charge < -0.3 is 20.6 Å². The van der Waals surface area contributed by atoms with Crippen LogP contribution in [0.3, 0.4) is 0 Å². The van der Waals surface area contributed by atoms with Crippen molar-refractivity contribution < 1.29 is 9.59 Å². The smallest absolute Gasteiger partial charge is 0.323 e. The fourth-order valence-corrected chi connectivity index (χ4v) is 3.36. The predicted octanol–water partition coefficient (Wildman–Crippen LogP) is 1.03. The average molecular weight is 359 g/mol. The van der Waals surface area contributed by atoms with Crippen molar-refractivity contribution in [3.8, 4) is 0 Å². The number of H-pyrrole nitrogens is 2. The number of hydrogen-bond donors (Lipinski definition) is 4. The van der Waals surface area contributed by atoms with Crippen molar-refractivity contribution in [3.05, 3.63) is 28.7 Å². The van der Waals surface area contributed by atoms with Crippen LogP contribution in [0.15, 0.2) is 23.0 Å². The maximum absolute atomic E-state index is 12.6. The Bertz CT molecular complexity index is 848. The second kappa shape index (κ2) is 7.74. The number of anilines is 1. The number of nitrogens with zero attached hydrogens (tertiary/aromatic N) is 1. The Balaban J connectivity index is 1.54. The van der Waals surface area contributed by atoms with E-state index in [1.54, 1.807) is 18.2 Å². The molecule has 1 unspecified atom stereocenters. The molecule has 0 aliphatic carbocycles. The van der Waals surface area contributed by atoms with Crippen LogP contribution in [-0.4, -0.2) is 52.4 Å². The highest BCUT2D eigenvalue weighted by Crippen LogP contribution is 2.20. The van der Waals surface area contributed by atoms with Gasteiger partial charge in [0.15, 0.2) is 0 Å². The summed E-state index contributed by atoms with van der Waals surface area (Å²) < 4.78 is 0. The topological polar surface area (TPSA) is 110 Å². The van der Waals surface area contributed by atoms with Gasteiger partial charge >= 0.3 is 5.69 Å². The normalized spacial score (nSPS) is 17.2. The first kappa shape index (κ1) is 18.2. The van der Waals surface area contributed by atoms with Crippen LogP contribution in [0.25, 0.3) is 11.0 Å². The average Bonchev–Trinajstić information content (AvgIpc) is 2.99. The highest BCUT2D eigenvalue weighted by molar-refractivity contribution is 5.96. The Labute approximate surface area is 151 Å². The summed E-state index contributed by atoms with van der Waals surface area (Å²) in [6, 6.07) is 5.05. The summed E-state index contributed by atoms with van der Waals surface area (Å²) in [4.78, 5) is 42.4. The molecule has 8 heteroatoms. The third kappa shape index (κ3) is 4.32. The molecule has 1 aromatic carbocycles. The zero-order chi connectivity index (χ0) is 18.7. The van der Waals surface area contributed by atoms with E-state index in [0.717, 1.165) is 25.9 Å². The molecule has 1 aliphatic heterocycles. The summed E-state index contributed by atoms with van der Waals surface area (Å²) in [6.45, 7) is 5.81. The largest absolute Gasteiger partial charge is 0.356 e. The molecule has 1 saturated heterocycles. The van der Waals surface area contributed by atoms with E-state index < -0.39 is 0 Å². The SMILES string of the molecule is CC(=O)NCC1CCN(C(C)C(=O)Nc2ccc3[nH]c(=O)[nH]c3c2)CC1. The monoisotopic (exact) mass is 359 g/mol. The van der Waals surface area contributed by atoms with Crippen LogP contribution in [0, 0.1) is 5.92 Å². The fraction of sp³-hybridized carbons (Fsp3) is 0.500. The Morgan fingerprint density at radius 2 is 1.92 bits per heavy atom. The van der Waals surface area contributed by atoms with Crippen molar-refractivity contribution in [3.63, 3.8) is 0 Å². The summed E-state index contributed by atoms with van der Waals surface area (Å²) in [5, 5.41) is 5.78. The third-order valence-electron chi connectivity index (χ3n) is 5.00. The molecular formula is C18H25N5O3. The summed E-state index contributed by atoms with van der Waals surface area (Å²) >= 11 is 0. The number of hydrogen-bond acceptors (Lipinski definition) is 4. The number of imidazole rings is 1. The Morgan fingerprint density at radius 1 is 1.23 bits per heavy atom. The quantitative estimate of drug-likeness (QED) is 0.639. The molecule has 0 spiro atoms. The Kier molecular flexibility index (Phi) is 5.41. The zero-order valence-corrected chi connectivity index (χ0v) is 15.1. The number of rotatable bonds is 5. The van der Waals surface area contributed by atoms with E-state index in [1.807, 2.05) is 6.92 Å². The van der Waals surface area contributed by atoms with Crippen LogP contribution in [0.2, 0.25) is 0 Å². The van der Waals surface area contributed by atoms with Crippen LogP contribution in [-0.2, 0) is 9.59 Å². The molecule has 2 amide bonds. The summed E-state index contributed by atoms with van der Waals surface area (Å²) in [7, 11) is 0. The number of aromatic amines is 2. The third-order valence-corrected chi connectivity index (χ3v) is 5.00. The summed E-state index contributed by atoms with van der Waals surface area (Å²) in [6.07, 6.45) is 1.93. The van der Waals surface area contributed by atoms with Gasteiger partial charge in [-0.2, -0.15) is 0 Å². The fourth-order valence-electron chi connectivity index (χ4n) is 3.36. The van der Waals surface area contributed by atoms with Crippen molar-refractivity contribution in [2.75, 3.05) is 25.0 Å². The number of fused-ring (bicyclic) bond motifs is 1. The van der Waals surface area contributed by atoms with E-state index in [4.69, 9.17) is 0 Å². The predicted molar refractivity (Wildman–Crippen MR) is 100.0 cm³/mol. The Hall–Kier alpha value is -2.61. The van der Waals surface area contributed by atoms with Crippen LogP contribution in [0.5, 0.6) is 0 Å². The van der Waals surface area contributed by atoms with Gasteiger partial charge in [0.25, 0.3) is 0 Å². The van der Waals surface area contributed by atoms with E-state index in [2.05, 4.69) is 25.5 Å².